The molecule has 0 spiro atoms. The molecule has 6 nitrogen and oxygen atoms in total. The van der Waals surface area contributed by atoms with Crippen molar-refractivity contribution in [3.63, 3.8) is 0 Å². The van der Waals surface area contributed by atoms with Crippen LogP contribution in [0.3, 0.4) is 0 Å². The Kier molecular flexibility index (Phi) is 4.45. The molecule has 0 aromatic carbocycles. The molecule has 0 bridgehead atoms. The maximum atomic E-state index is 11.8. The Morgan fingerprint density at radius 2 is 2.41 bits per heavy atom. The zero-order valence-corrected chi connectivity index (χ0v) is 9.84. The van der Waals surface area contributed by atoms with Crippen LogP contribution in [0.15, 0.2) is 23.5 Å². The Balaban J connectivity index is 2.60. The predicted octanol–water partition coefficient (Wildman–Crippen LogP) is 0.502. The van der Waals surface area contributed by atoms with Gasteiger partial charge in [0.15, 0.2) is 0 Å². The van der Waals surface area contributed by atoms with Crippen LogP contribution in [-0.2, 0) is 0 Å². The minimum atomic E-state index is -0.221. The van der Waals surface area contributed by atoms with Crippen molar-refractivity contribution in [1.82, 2.24) is 10.3 Å². The molecule has 1 atom stereocenters. The number of aromatic nitrogens is 1. The SMILES string of the molecule is Cc1ncccc1C(=O)NCC(C)C(N)=NO. The van der Waals surface area contributed by atoms with Crippen molar-refractivity contribution in [2.24, 2.45) is 16.8 Å². The molecule has 1 aromatic heterocycles. The summed E-state index contributed by atoms with van der Waals surface area (Å²) in [6.45, 7) is 3.83. The highest BCUT2D eigenvalue weighted by Gasteiger charge is 2.12. The Labute approximate surface area is 99.5 Å². The van der Waals surface area contributed by atoms with Gasteiger partial charge in [-0.1, -0.05) is 12.1 Å². The van der Waals surface area contributed by atoms with E-state index in [0.717, 1.165) is 0 Å². The number of nitrogens with two attached hydrogens (primary N) is 1. The monoisotopic (exact) mass is 236 g/mol. The minimum Gasteiger partial charge on any atom is -0.409 e. The molecule has 0 aliphatic rings. The van der Waals surface area contributed by atoms with E-state index in [0.29, 0.717) is 17.8 Å². The number of hydrogen-bond acceptors (Lipinski definition) is 4. The zero-order chi connectivity index (χ0) is 12.8. The Morgan fingerprint density at radius 3 is 3.00 bits per heavy atom. The Hall–Kier alpha value is -2.11. The smallest absolute Gasteiger partial charge is 0.253 e. The molecule has 6 heteroatoms. The Morgan fingerprint density at radius 1 is 1.71 bits per heavy atom. The number of aryl methyl sites for hydroxylation is 1. The summed E-state index contributed by atoms with van der Waals surface area (Å²) in [7, 11) is 0. The first-order chi connectivity index (χ1) is 8.06. The van der Waals surface area contributed by atoms with E-state index < -0.39 is 0 Å². The molecule has 4 N–H and O–H groups in total. The van der Waals surface area contributed by atoms with E-state index in [2.05, 4.69) is 15.5 Å². The van der Waals surface area contributed by atoms with Crippen LogP contribution in [-0.4, -0.2) is 28.5 Å². The van der Waals surface area contributed by atoms with E-state index in [4.69, 9.17) is 10.9 Å². The predicted molar refractivity (Wildman–Crippen MR) is 63.9 cm³/mol. The summed E-state index contributed by atoms with van der Waals surface area (Å²) in [5.74, 6) is -0.345. The average molecular weight is 236 g/mol. The van der Waals surface area contributed by atoms with Crippen molar-refractivity contribution in [2.75, 3.05) is 6.54 Å². The molecule has 1 heterocycles. The van der Waals surface area contributed by atoms with Crippen LogP contribution in [0, 0.1) is 12.8 Å². The third kappa shape index (κ3) is 3.44. The number of nitrogens with one attached hydrogen (secondary N) is 1. The number of carbonyl (C=O) groups excluding carboxylic acids is 1. The Bertz CT molecular complexity index is 431. The number of amidine groups is 1. The summed E-state index contributed by atoms with van der Waals surface area (Å²) in [6.07, 6.45) is 1.63. The summed E-state index contributed by atoms with van der Waals surface area (Å²) in [6, 6.07) is 3.40. The van der Waals surface area contributed by atoms with Gasteiger partial charge in [0.1, 0.15) is 5.84 Å². The maximum absolute atomic E-state index is 11.8. The molecule has 0 saturated carbocycles. The third-order valence-corrected chi connectivity index (χ3v) is 2.44. The average Bonchev–Trinajstić information content (AvgIpc) is 2.35. The van der Waals surface area contributed by atoms with E-state index in [1.165, 1.54) is 0 Å². The number of hydrogen-bond donors (Lipinski definition) is 3. The van der Waals surface area contributed by atoms with Crippen molar-refractivity contribution in [3.05, 3.63) is 29.6 Å². The van der Waals surface area contributed by atoms with Gasteiger partial charge in [0.25, 0.3) is 5.91 Å². The topological polar surface area (TPSA) is 101 Å². The lowest BCUT2D eigenvalue weighted by molar-refractivity contribution is 0.0950. The molecule has 1 rings (SSSR count). The maximum Gasteiger partial charge on any atom is 0.253 e. The first-order valence-electron chi connectivity index (χ1n) is 5.23. The highest BCUT2D eigenvalue weighted by molar-refractivity contribution is 5.95. The van der Waals surface area contributed by atoms with Crippen molar-refractivity contribution in [3.8, 4) is 0 Å². The van der Waals surface area contributed by atoms with Gasteiger partial charge in [-0.25, -0.2) is 0 Å². The minimum absolute atomic E-state index is 0.0909. The number of carbonyl (C=O) groups is 1. The van der Waals surface area contributed by atoms with Gasteiger partial charge in [-0.05, 0) is 19.1 Å². The summed E-state index contributed by atoms with van der Waals surface area (Å²) >= 11 is 0. The molecule has 17 heavy (non-hydrogen) atoms. The number of oxime groups is 1. The van der Waals surface area contributed by atoms with Crippen molar-refractivity contribution < 1.29 is 10.0 Å². The summed E-state index contributed by atoms with van der Waals surface area (Å²) < 4.78 is 0. The van der Waals surface area contributed by atoms with Crippen LogP contribution in [0.5, 0.6) is 0 Å². The molecule has 0 fully saturated rings. The summed E-state index contributed by atoms with van der Waals surface area (Å²) in [4.78, 5) is 15.8. The van der Waals surface area contributed by atoms with Gasteiger partial charge in [-0.2, -0.15) is 0 Å². The molecule has 1 unspecified atom stereocenters. The molecule has 1 aromatic rings. The first-order valence-corrected chi connectivity index (χ1v) is 5.23. The summed E-state index contributed by atoms with van der Waals surface area (Å²) in [5, 5.41) is 14.1. The van der Waals surface area contributed by atoms with E-state index in [-0.39, 0.29) is 17.7 Å². The highest BCUT2D eigenvalue weighted by atomic mass is 16.4. The fourth-order valence-electron chi connectivity index (χ4n) is 1.27. The van der Waals surface area contributed by atoms with Gasteiger partial charge in [0.2, 0.25) is 0 Å². The third-order valence-electron chi connectivity index (χ3n) is 2.44. The van der Waals surface area contributed by atoms with Gasteiger partial charge < -0.3 is 16.3 Å². The van der Waals surface area contributed by atoms with Crippen LogP contribution in [0.25, 0.3) is 0 Å². The second-order valence-electron chi connectivity index (χ2n) is 3.77. The van der Waals surface area contributed by atoms with Gasteiger partial charge >= 0.3 is 0 Å². The molecule has 92 valence electrons. The quantitative estimate of drug-likeness (QED) is 0.307. The normalized spacial score (nSPS) is 13.2. The lowest BCUT2D eigenvalue weighted by atomic mass is 10.1. The van der Waals surface area contributed by atoms with Crippen LogP contribution in [0.2, 0.25) is 0 Å². The summed E-state index contributed by atoms with van der Waals surface area (Å²) in [5.41, 5.74) is 6.60. The lowest BCUT2D eigenvalue weighted by Crippen LogP contribution is -2.35. The van der Waals surface area contributed by atoms with Crippen LogP contribution in [0.1, 0.15) is 23.0 Å². The number of nitrogens with zero attached hydrogens (tertiary/aromatic N) is 2. The number of amides is 1. The molecule has 0 aliphatic heterocycles. The number of pyridine rings is 1. The lowest BCUT2D eigenvalue weighted by Gasteiger charge is -2.11. The fourth-order valence-corrected chi connectivity index (χ4v) is 1.27. The van der Waals surface area contributed by atoms with E-state index in [1.807, 2.05) is 0 Å². The zero-order valence-electron chi connectivity index (χ0n) is 9.84. The van der Waals surface area contributed by atoms with Crippen molar-refractivity contribution in [1.29, 1.82) is 0 Å². The van der Waals surface area contributed by atoms with Gasteiger partial charge in [-0.15, -0.1) is 0 Å². The van der Waals surface area contributed by atoms with Gasteiger partial charge in [-0.3, -0.25) is 9.78 Å². The van der Waals surface area contributed by atoms with Gasteiger partial charge in [0, 0.05) is 24.4 Å². The fraction of sp³-hybridized carbons (Fsp3) is 0.364. The van der Waals surface area contributed by atoms with Crippen LogP contribution < -0.4 is 11.1 Å². The van der Waals surface area contributed by atoms with Gasteiger partial charge in [0.05, 0.1) is 5.56 Å². The second-order valence-corrected chi connectivity index (χ2v) is 3.77. The molecular formula is C11H16N4O2. The molecule has 0 saturated heterocycles. The van der Waals surface area contributed by atoms with Crippen LogP contribution in [0.4, 0.5) is 0 Å². The molecular weight excluding hydrogens is 220 g/mol. The highest BCUT2D eigenvalue weighted by Crippen LogP contribution is 2.03. The van der Waals surface area contributed by atoms with E-state index in [9.17, 15) is 4.79 Å². The van der Waals surface area contributed by atoms with Crippen molar-refractivity contribution in [2.45, 2.75) is 13.8 Å². The van der Waals surface area contributed by atoms with E-state index >= 15 is 0 Å². The standard InChI is InChI=1S/C11H16N4O2/c1-7(10(12)15-17)6-14-11(16)9-4-3-5-13-8(9)2/h3-5,7,17H,6H2,1-2H3,(H2,12,15)(H,14,16). The molecule has 0 radical (unpaired) electrons. The largest absolute Gasteiger partial charge is 0.409 e. The van der Waals surface area contributed by atoms with Crippen LogP contribution >= 0.6 is 0 Å². The van der Waals surface area contributed by atoms with Crippen molar-refractivity contribution >= 4 is 11.7 Å². The van der Waals surface area contributed by atoms with E-state index in [1.54, 1.807) is 32.2 Å². The first kappa shape index (κ1) is 13.0. The molecule has 1 amide bonds. The second kappa shape index (κ2) is 5.83. The number of rotatable bonds is 4. The molecule has 0 aliphatic carbocycles.